The maximum Gasteiger partial charge on any atom is 0.422 e. The zero-order chi connectivity index (χ0) is 25.8. The Balaban J connectivity index is 1.79. The lowest BCUT2D eigenvalue weighted by atomic mass is 9.78. The number of pyridine rings is 1. The molecule has 0 saturated carbocycles. The molecule has 3 rings (SSSR count). The zero-order valence-electron chi connectivity index (χ0n) is 18.8. The van der Waals surface area contributed by atoms with Gasteiger partial charge in [-0.3, -0.25) is 0 Å². The molecule has 2 unspecified atom stereocenters. The number of alkyl halides is 3. The highest BCUT2D eigenvalue weighted by molar-refractivity contribution is 6.31. The Morgan fingerprint density at radius 2 is 1.77 bits per heavy atom. The summed E-state index contributed by atoms with van der Waals surface area (Å²) >= 11 is 12.1. The van der Waals surface area contributed by atoms with Gasteiger partial charge in [0, 0.05) is 17.1 Å². The summed E-state index contributed by atoms with van der Waals surface area (Å²) in [5.74, 6) is -1.58. The van der Waals surface area contributed by atoms with E-state index in [4.69, 9.17) is 32.7 Å². The van der Waals surface area contributed by atoms with Crippen LogP contribution in [0.3, 0.4) is 0 Å². The smallest absolute Gasteiger partial charge is 0.422 e. The van der Waals surface area contributed by atoms with Crippen LogP contribution in [-0.2, 0) is 16.9 Å². The van der Waals surface area contributed by atoms with Crippen LogP contribution in [0.2, 0.25) is 10.2 Å². The molecule has 186 valence electrons. The van der Waals surface area contributed by atoms with Gasteiger partial charge in [-0.15, -0.1) is 0 Å². The van der Waals surface area contributed by atoms with E-state index < -0.39 is 29.2 Å². The van der Waals surface area contributed by atoms with Gasteiger partial charge in [-0.1, -0.05) is 48.3 Å². The normalized spacial score (nSPS) is 14.2. The monoisotopic (exact) mass is 527 g/mol. The van der Waals surface area contributed by atoms with Crippen molar-refractivity contribution < 1.29 is 32.5 Å². The van der Waals surface area contributed by atoms with Crippen LogP contribution in [0, 0.1) is 0 Å². The van der Waals surface area contributed by atoms with Crippen molar-refractivity contribution >= 4 is 29.2 Å². The quantitative estimate of drug-likeness (QED) is 0.261. The molecule has 0 aliphatic heterocycles. The average molecular weight is 528 g/mol. The number of esters is 1. The van der Waals surface area contributed by atoms with Gasteiger partial charge in [0.1, 0.15) is 17.5 Å². The van der Waals surface area contributed by atoms with Crippen molar-refractivity contribution in [2.24, 2.45) is 0 Å². The molecule has 5 nitrogen and oxygen atoms in total. The predicted molar refractivity (Wildman–Crippen MR) is 126 cm³/mol. The highest BCUT2D eigenvalue weighted by Crippen LogP contribution is 2.50. The van der Waals surface area contributed by atoms with E-state index in [0.29, 0.717) is 11.3 Å². The highest BCUT2D eigenvalue weighted by atomic mass is 35.5. The Bertz CT molecular complexity index is 1190. The molecule has 0 spiro atoms. The second-order valence-electron chi connectivity index (χ2n) is 7.74. The number of hydrogen-bond donors (Lipinski definition) is 1. The molecule has 0 amide bonds. The number of carbonyl (C=O) groups excluding carboxylic acids is 1. The standard InChI is InChI=1S/C25H22Cl2F3NO4/c1-3-34-23(32)17-6-4-16(5-7-17)14-35-19-8-9-20(21(26)13-19)15(2)24(33,25(28,29)30)18-10-11-31-22(27)12-18/h4-13,15,33H,3,14H2,1-2H3. The average Bonchev–Trinajstić information content (AvgIpc) is 2.81. The van der Waals surface area contributed by atoms with E-state index >= 15 is 0 Å². The van der Waals surface area contributed by atoms with Crippen molar-refractivity contribution in [3.05, 3.63) is 93.2 Å². The minimum atomic E-state index is -5.02. The predicted octanol–water partition coefficient (Wildman–Crippen LogP) is 6.70. The fourth-order valence-corrected chi connectivity index (χ4v) is 4.10. The maximum absolute atomic E-state index is 14.1. The zero-order valence-corrected chi connectivity index (χ0v) is 20.3. The summed E-state index contributed by atoms with van der Waals surface area (Å²) in [4.78, 5) is 15.4. The molecule has 0 aliphatic rings. The third-order valence-corrected chi connectivity index (χ3v) is 6.07. The van der Waals surface area contributed by atoms with Gasteiger partial charge in [0.15, 0.2) is 5.60 Å². The summed E-state index contributed by atoms with van der Waals surface area (Å²) in [5, 5.41) is 10.7. The van der Waals surface area contributed by atoms with Crippen LogP contribution >= 0.6 is 23.2 Å². The number of aliphatic hydroxyl groups is 1. The van der Waals surface area contributed by atoms with Crippen molar-refractivity contribution in [2.75, 3.05) is 6.61 Å². The summed E-state index contributed by atoms with van der Waals surface area (Å²) in [6.07, 6.45) is -3.93. The molecule has 1 heterocycles. The molecule has 0 bridgehead atoms. The van der Waals surface area contributed by atoms with Crippen molar-refractivity contribution in [3.8, 4) is 5.75 Å². The number of aromatic nitrogens is 1. The van der Waals surface area contributed by atoms with Crippen LogP contribution < -0.4 is 4.74 Å². The number of ether oxygens (including phenoxy) is 2. The molecule has 2 atom stereocenters. The van der Waals surface area contributed by atoms with Crippen LogP contribution in [0.1, 0.15) is 46.8 Å². The topological polar surface area (TPSA) is 68.7 Å². The Morgan fingerprint density at radius 3 is 2.34 bits per heavy atom. The molecule has 10 heteroatoms. The van der Waals surface area contributed by atoms with E-state index in [0.717, 1.165) is 23.9 Å². The molecule has 0 radical (unpaired) electrons. The summed E-state index contributed by atoms with van der Waals surface area (Å²) in [6.45, 7) is 3.36. The number of benzene rings is 2. The first-order valence-corrected chi connectivity index (χ1v) is 11.3. The van der Waals surface area contributed by atoms with Crippen molar-refractivity contribution in [2.45, 2.75) is 38.1 Å². The third-order valence-electron chi connectivity index (χ3n) is 5.53. The number of halogens is 5. The number of rotatable bonds is 8. The van der Waals surface area contributed by atoms with Crippen LogP contribution in [0.25, 0.3) is 0 Å². The van der Waals surface area contributed by atoms with Crippen LogP contribution in [0.15, 0.2) is 60.8 Å². The minimum absolute atomic E-state index is 0.00418. The van der Waals surface area contributed by atoms with Gasteiger partial charge in [-0.25, -0.2) is 9.78 Å². The van der Waals surface area contributed by atoms with E-state index in [1.54, 1.807) is 31.2 Å². The molecule has 0 saturated heterocycles. The minimum Gasteiger partial charge on any atom is -0.489 e. The largest absolute Gasteiger partial charge is 0.489 e. The van der Waals surface area contributed by atoms with E-state index in [9.17, 15) is 23.1 Å². The molecule has 0 fully saturated rings. The van der Waals surface area contributed by atoms with Gasteiger partial charge in [0.2, 0.25) is 0 Å². The van der Waals surface area contributed by atoms with E-state index in [1.807, 2.05) is 0 Å². The van der Waals surface area contributed by atoms with Crippen molar-refractivity contribution in [1.29, 1.82) is 0 Å². The molecule has 1 aromatic heterocycles. The lowest BCUT2D eigenvalue weighted by molar-refractivity contribution is -0.274. The second-order valence-corrected chi connectivity index (χ2v) is 8.54. The van der Waals surface area contributed by atoms with Crippen molar-refractivity contribution in [1.82, 2.24) is 4.98 Å². The Hall–Kier alpha value is -2.81. The Morgan fingerprint density at radius 1 is 1.09 bits per heavy atom. The molecule has 3 aromatic rings. The van der Waals surface area contributed by atoms with Gasteiger partial charge >= 0.3 is 12.1 Å². The van der Waals surface area contributed by atoms with Crippen molar-refractivity contribution in [3.63, 3.8) is 0 Å². The van der Waals surface area contributed by atoms with E-state index in [-0.39, 0.29) is 29.0 Å². The summed E-state index contributed by atoms with van der Waals surface area (Å²) in [6, 6.07) is 12.9. The summed E-state index contributed by atoms with van der Waals surface area (Å²) in [5.41, 5.74) is -2.46. The van der Waals surface area contributed by atoms with Gasteiger partial charge in [0.25, 0.3) is 0 Å². The first-order chi connectivity index (χ1) is 16.5. The van der Waals surface area contributed by atoms with Gasteiger partial charge in [0.05, 0.1) is 12.2 Å². The number of carbonyl (C=O) groups is 1. The SMILES string of the molecule is CCOC(=O)c1ccc(COc2ccc(C(C)C(O)(c3ccnc(Cl)c3)C(F)(F)F)c(Cl)c2)cc1. The molecular formula is C25H22Cl2F3NO4. The summed E-state index contributed by atoms with van der Waals surface area (Å²) in [7, 11) is 0. The lowest BCUT2D eigenvalue weighted by Crippen LogP contribution is -2.46. The van der Waals surface area contributed by atoms with E-state index in [2.05, 4.69) is 4.98 Å². The number of hydrogen-bond acceptors (Lipinski definition) is 5. The van der Waals surface area contributed by atoms with Gasteiger partial charge in [-0.05, 0) is 60.0 Å². The highest BCUT2D eigenvalue weighted by Gasteiger charge is 2.59. The second kappa shape index (κ2) is 10.8. The Kier molecular flexibility index (Phi) is 8.30. The lowest BCUT2D eigenvalue weighted by Gasteiger charge is -2.37. The Labute approximate surface area is 210 Å². The fourth-order valence-electron chi connectivity index (χ4n) is 3.59. The van der Waals surface area contributed by atoms with Crippen LogP contribution in [0.4, 0.5) is 13.2 Å². The first-order valence-electron chi connectivity index (χ1n) is 10.6. The summed E-state index contributed by atoms with van der Waals surface area (Å²) < 4.78 is 52.9. The van der Waals surface area contributed by atoms with Crippen LogP contribution in [0.5, 0.6) is 5.75 Å². The molecule has 0 aliphatic carbocycles. The van der Waals surface area contributed by atoms with Gasteiger partial charge in [-0.2, -0.15) is 13.2 Å². The molecule has 1 N–H and O–H groups in total. The fraction of sp³-hybridized carbons (Fsp3) is 0.280. The first kappa shape index (κ1) is 26.8. The van der Waals surface area contributed by atoms with E-state index in [1.165, 1.54) is 25.1 Å². The maximum atomic E-state index is 14.1. The molecular weight excluding hydrogens is 506 g/mol. The molecule has 35 heavy (non-hydrogen) atoms. The van der Waals surface area contributed by atoms with Crippen LogP contribution in [-0.4, -0.2) is 28.8 Å². The third kappa shape index (κ3) is 5.89. The van der Waals surface area contributed by atoms with Gasteiger partial charge < -0.3 is 14.6 Å². The molecule has 2 aromatic carbocycles. The number of nitrogens with zero attached hydrogens (tertiary/aromatic N) is 1.